The zero-order chi connectivity index (χ0) is 13.9. The Hall–Kier alpha value is 0. The average Bonchev–Trinajstić information content (AvgIpc) is 2.45. The van der Waals surface area contributed by atoms with Crippen molar-refractivity contribution >= 4 is 0 Å². The quantitative estimate of drug-likeness (QED) is 0.603. The van der Waals surface area contributed by atoms with Crippen LogP contribution in [0.3, 0.4) is 0 Å². The van der Waals surface area contributed by atoms with E-state index in [1.807, 2.05) is 0 Å². The first-order valence-corrected chi connectivity index (χ1v) is 11.8. The summed E-state index contributed by atoms with van der Waals surface area (Å²) in [6, 6.07) is 0. The minimum absolute atomic E-state index is 1.01. The van der Waals surface area contributed by atoms with Crippen molar-refractivity contribution in [3.05, 3.63) is 5.92 Å². The fourth-order valence-corrected chi connectivity index (χ4v) is 19.5. The minimum Gasteiger partial charge on any atom is -0.299 e. The first kappa shape index (κ1) is 9.27. The Bertz CT molecular complexity index is 893. The summed E-state index contributed by atoms with van der Waals surface area (Å²) in [6.07, 6.45) is 6.85. The molecule has 0 aromatic carbocycles. The zero-order valence-electron chi connectivity index (χ0n) is 13.8. The maximum absolute atomic E-state index is 2.32. The lowest BCUT2D eigenvalue weighted by Gasteiger charge is -3.36. The Morgan fingerprint density at radius 1 is 0.583 bits per heavy atom. The molecule has 0 bridgehead atoms. The normalized spacial score (nSPS) is 113. The van der Waals surface area contributed by atoms with Gasteiger partial charge in [0.25, 0.3) is 0 Å². The van der Waals surface area contributed by atoms with Crippen molar-refractivity contribution in [2.45, 2.75) is 25.7 Å². The Kier molecular flexibility index (Phi) is 0.640. The predicted octanol–water partition coefficient (Wildman–Crippen LogP) is 3.24. The molecule has 0 heterocycles. The molecule has 0 nitrogen and oxygen atoms in total. The third-order valence-corrected chi connectivity index (χ3v) is 17.3. The average molecular weight is 309 g/mol. The van der Waals surface area contributed by atoms with E-state index in [1.165, 1.54) is 76.9 Å². The van der Waals surface area contributed by atoms with E-state index in [9.17, 15) is 0 Å². The molecule has 0 aliphatic heterocycles. The lowest BCUT2D eigenvalue weighted by atomic mass is 8.72. The van der Waals surface area contributed by atoms with E-state index in [4.69, 9.17) is 0 Å². The van der Waals surface area contributed by atoms with Gasteiger partial charge in [-0.2, -0.15) is 11.8 Å². The van der Waals surface area contributed by atoms with Crippen LogP contribution in [0.4, 0.5) is 0 Å². The van der Waals surface area contributed by atoms with Gasteiger partial charge in [-0.05, 0) is 88.8 Å². The molecule has 24 heavy (non-hydrogen) atoms. The summed E-state index contributed by atoms with van der Waals surface area (Å²) in [7, 11) is 0. The molecular weight excluding hydrogens is 288 g/mol. The van der Waals surface area contributed by atoms with Gasteiger partial charge in [0.1, 0.15) is 0 Å². The van der Waals surface area contributed by atoms with Crippen LogP contribution in [0.2, 0.25) is 0 Å². The number of rotatable bonds is 0. The van der Waals surface area contributed by atoms with Crippen LogP contribution < -0.4 is 0 Å². The molecule has 0 amide bonds. The molecule has 0 N–H and O–H groups in total. The Labute approximate surface area is 141 Å². The number of hydrogen-bond donors (Lipinski definition) is 0. The van der Waals surface area contributed by atoms with Crippen molar-refractivity contribution in [3.8, 4) is 0 Å². The van der Waals surface area contributed by atoms with Gasteiger partial charge in [-0.1, -0.05) is 29.1 Å². The molecule has 0 saturated heterocycles. The van der Waals surface area contributed by atoms with Gasteiger partial charge in [-0.15, -0.1) is 5.41 Å². The van der Waals surface area contributed by atoms with Crippen LogP contribution >= 0.6 is 0 Å². The smallest absolute Gasteiger partial charge is 0.0101 e. The Morgan fingerprint density at radius 2 is 1.29 bits per heavy atom. The van der Waals surface area contributed by atoms with Gasteiger partial charge >= 0.3 is 0 Å². The fraction of sp³-hybridized carbons (Fsp3) is 0.958. The summed E-state index contributed by atoms with van der Waals surface area (Å²) in [5.74, 6) is 19.3. The molecular formula is C24H21-. The summed E-state index contributed by atoms with van der Waals surface area (Å²) in [5, 5.41) is 0. The molecule has 0 aromatic heterocycles. The van der Waals surface area contributed by atoms with Crippen LogP contribution in [0.15, 0.2) is 0 Å². The molecule has 14 saturated carbocycles. The van der Waals surface area contributed by atoms with Crippen molar-refractivity contribution in [2.75, 3.05) is 0 Å². The van der Waals surface area contributed by atoms with Gasteiger partial charge in [0.15, 0.2) is 0 Å². The van der Waals surface area contributed by atoms with Gasteiger partial charge in [0.2, 0.25) is 0 Å². The van der Waals surface area contributed by atoms with Crippen LogP contribution in [0.5, 0.6) is 0 Å². The highest BCUT2D eigenvalue weighted by Crippen LogP contribution is 3.32. The maximum Gasteiger partial charge on any atom is -0.0101 e. The molecule has 6 spiro atoms. The second-order valence-electron chi connectivity index (χ2n) is 14.1. The second-order valence-corrected chi connectivity index (χ2v) is 14.1. The second kappa shape index (κ2) is 1.66. The first-order valence-electron chi connectivity index (χ1n) is 11.8. The molecule has 0 heteroatoms. The molecule has 14 rings (SSSR count). The summed E-state index contributed by atoms with van der Waals surface area (Å²) in [5.41, 5.74) is 6.35. The molecule has 0 aromatic rings. The predicted molar refractivity (Wildman–Crippen MR) is 81.7 cm³/mol. The highest BCUT2D eigenvalue weighted by atomic mass is 15.3. The van der Waals surface area contributed by atoms with Gasteiger partial charge in [0.05, 0.1) is 0 Å². The minimum atomic E-state index is 1.01. The van der Waals surface area contributed by atoms with E-state index in [-0.39, 0.29) is 0 Å². The lowest BCUT2D eigenvalue weighted by Crippen LogP contribution is -3.28. The first-order chi connectivity index (χ1) is 11.9. The maximum atomic E-state index is 2.32. The SMILES string of the molecule is C1C2CC3C4C5C6C7C8CC9CC%10C%11C%12C%13[C-]%14C1C23C%144C%135C%126C%117C9%108. The van der Waals surface area contributed by atoms with Crippen molar-refractivity contribution < 1.29 is 0 Å². The highest BCUT2D eigenvalue weighted by molar-refractivity contribution is 5.80. The summed E-state index contributed by atoms with van der Waals surface area (Å²) >= 11 is 0. The summed E-state index contributed by atoms with van der Waals surface area (Å²) in [6.45, 7) is 0. The fourth-order valence-electron chi connectivity index (χ4n) is 19.5. The van der Waals surface area contributed by atoms with Gasteiger partial charge < -0.3 is 0 Å². The van der Waals surface area contributed by atoms with E-state index >= 15 is 0 Å². The van der Waals surface area contributed by atoms with Crippen LogP contribution in [0, 0.1) is 115 Å². The molecule has 19 unspecified atom stereocenters. The standard InChI is InChI=1S/C24H21/c1-5-2-8-12-17-18-14-10-4-6-3-9-13-16-15-11-7(1)19(5,8)21(11,12)23(15,17)24(16,18)22(13,14)20(6,9)10/h5-13,15-18H,1-4H2/q-1. The largest absolute Gasteiger partial charge is 0.299 e. The van der Waals surface area contributed by atoms with E-state index in [0.29, 0.717) is 0 Å². The lowest BCUT2D eigenvalue weighted by molar-refractivity contribution is -0.832. The van der Waals surface area contributed by atoms with Crippen LogP contribution in [-0.2, 0) is 0 Å². The Morgan fingerprint density at radius 3 is 2.08 bits per heavy atom. The third kappa shape index (κ3) is 0.283. The summed E-state index contributed by atoms with van der Waals surface area (Å²) in [4.78, 5) is 0. The zero-order valence-corrected chi connectivity index (χ0v) is 13.8. The van der Waals surface area contributed by atoms with E-state index in [0.717, 1.165) is 32.5 Å². The topological polar surface area (TPSA) is 0 Å². The van der Waals surface area contributed by atoms with Crippen molar-refractivity contribution in [3.63, 3.8) is 0 Å². The third-order valence-electron chi connectivity index (χ3n) is 17.3. The van der Waals surface area contributed by atoms with Gasteiger partial charge in [-0.25, -0.2) is 0 Å². The molecule has 14 aliphatic rings. The van der Waals surface area contributed by atoms with Gasteiger partial charge in [0, 0.05) is 0 Å². The molecule has 19 atom stereocenters. The van der Waals surface area contributed by atoms with E-state index < -0.39 is 0 Å². The van der Waals surface area contributed by atoms with Crippen molar-refractivity contribution in [1.29, 1.82) is 0 Å². The molecule has 14 fully saturated rings. The van der Waals surface area contributed by atoms with E-state index in [1.54, 1.807) is 25.7 Å². The molecule has 14 aliphatic carbocycles. The van der Waals surface area contributed by atoms with Crippen molar-refractivity contribution in [1.82, 2.24) is 0 Å². The van der Waals surface area contributed by atoms with Crippen LogP contribution in [-0.4, -0.2) is 0 Å². The van der Waals surface area contributed by atoms with Crippen molar-refractivity contribution in [2.24, 2.45) is 109 Å². The number of fused-ring (bicyclic) bond motifs is 10. The molecule has 0 radical (unpaired) electrons. The monoisotopic (exact) mass is 309 g/mol. The Balaban J connectivity index is 1.14. The van der Waals surface area contributed by atoms with Crippen LogP contribution in [0.25, 0.3) is 0 Å². The number of hydrogen-bond acceptors (Lipinski definition) is 0. The highest BCUT2D eigenvalue weighted by Gasteiger charge is 3.25. The summed E-state index contributed by atoms with van der Waals surface area (Å²) < 4.78 is 0. The van der Waals surface area contributed by atoms with E-state index in [2.05, 4.69) is 5.92 Å². The van der Waals surface area contributed by atoms with Crippen LogP contribution in [0.1, 0.15) is 25.7 Å². The molecule has 118 valence electrons. The van der Waals surface area contributed by atoms with Gasteiger partial charge in [-0.3, -0.25) is 5.92 Å².